The molecule has 3 aromatic carbocycles. The normalized spacial score (nSPS) is 16.1. The second-order valence-electron chi connectivity index (χ2n) is 6.34. The SMILES string of the molecule is O=C(C[C@@H]1NC(=O)c2ccccc2NC1=O)Nc1cccc2ccccc12. The third kappa shape index (κ3) is 3.37. The number of fused-ring (bicyclic) bond motifs is 2. The number of nitrogens with one attached hydrogen (secondary N) is 3. The first-order valence-electron chi connectivity index (χ1n) is 8.60. The Morgan fingerprint density at radius 2 is 1.67 bits per heavy atom. The molecule has 1 aliphatic heterocycles. The van der Waals surface area contributed by atoms with Gasteiger partial charge in [-0.15, -0.1) is 0 Å². The molecule has 134 valence electrons. The van der Waals surface area contributed by atoms with Crippen LogP contribution in [0, 0.1) is 0 Å². The zero-order valence-electron chi connectivity index (χ0n) is 14.4. The van der Waals surface area contributed by atoms with Crippen molar-refractivity contribution in [3.8, 4) is 0 Å². The van der Waals surface area contributed by atoms with E-state index >= 15 is 0 Å². The summed E-state index contributed by atoms with van der Waals surface area (Å²) in [5.74, 6) is -1.15. The van der Waals surface area contributed by atoms with Crippen molar-refractivity contribution in [3.63, 3.8) is 0 Å². The van der Waals surface area contributed by atoms with E-state index in [0.29, 0.717) is 16.9 Å². The molecular formula is C21H17N3O3. The first kappa shape index (κ1) is 16.8. The Labute approximate surface area is 155 Å². The summed E-state index contributed by atoms with van der Waals surface area (Å²) in [5.41, 5.74) is 1.49. The van der Waals surface area contributed by atoms with Crippen molar-refractivity contribution in [2.75, 3.05) is 10.6 Å². The zero-order valence-corrected chi connectivity index (χ0v) is 14.4. The number of hydrogen-bond acceptors (Lipinski definition) is 3. The number of amides is 3. The molecule has 0 aliphatic carbocycles. The largest absolute Gasteiger partial charge is 0.340 e. The number of rotatable bonds is 3. The average molecular weight is 359 g/mol. The van der Waals surface area contributed by atoms with E-state index in [1.807, 2.05) is 42.5 Å². The van der Waals surface area contributed by atoms with Gasteiger partial charge in [-0.2, -0.15) is 0 Å². The molecule has 3 N–H and O–H groups in total. The summed E-state index contributed by atoms with van der Waals surface area (Å²) in [6, 6.07) is 19.1. The molecule has 27 heavy (non-hydrogen) atoms. The van der Waals surface area contributed by atoms with E-state index in [0.717, 1.165) is 10.8 Å². The van der Waals surface area contributed by atoms with E-state index in [2.05, 4.69) is 16.0 Å². The van der Waals surface area contributed by atoms with Gasteiger partial charge in [0.15, 0.2) is 0 Å². The Bertz CT molecular complexity index is 1060. The maximum atomic E-state index is 12.5. The first-order valence-corrected chi connectivity index (χ1v) is 8.60. The molecule has 3 amide bonds. The molecule has 0 bridgehead atoms. The molecule has 0 saturated heterocycles. The fraction of sp³-hybridized carbons (Fsp3) is 0.0952. The Balaban J connectivity index is 1.51. The molecule has 1 heterocycles. The molecule has 3 aromatic rings. The summed E-state index contributed by atoms with van der Waals surface area (Å²) < 4.78 is 0. The number of carbonyl (C=O) groups excluding carboxylic acids is 3. The third-order valence-corrected chi connectivity index (χ3v) is 4.50. The second kappa shape index (κ2) is 6.92. The Morgan fingerprint density at radius 3 is 2.56 bits per heavy atom. The molecule has 1 aliphatic rings. The van der Waals surface area contributed by atoms with Gasteiger partial charge in [0.25, 0.3) is 5.91 Å². The fourth-order valence-corrected chi connectivity index (χ4v) is 3.18. The van der Waals surface area contributed by atoms with Crippen LogP contribution in [0.2, 0.25) is 0 Å². The van der Waals surface area contributed by atoms with Gasteiger partial charge in [0, 0.05) is 11.1 Å². The minimum absolute atomic E-state index is 0.158. The van der Waals surface area contributed by atoms with Crippen LogP contribution in [0.25, 0.3) is 10.8 Å². The van der Waals surface area contributed by atoms with Gasteiger partial charge in [0.2, 0.25) is 11.8 Å². The molecule has 0 unspecified atom stereocenters. The van der Waals surface area contributed by atoms with Gasteiger partial charge in [-0.3, -0.25) is 14.4 Å². The number of anilines is 2. The minimum Gasteiger partial charge on any atom is -0.340 e. The topological polar surface area (TPSA) is 87.3 Å². The fourth-order valence-electron chi connectivity index (χ4n) is 3.18. The van der Waals surface area contributed by atoms with Crippen molar-refractivity contribution in [1.29, 1.82) is 0 Å². The quantitative estimate of drug-likeness (QED) is 0.672. The highest BCUT2D eigenvalue weighted by molar-refractivity contribution is 6.11. The van der Waals surface area contributed by atoms with Crippen molar-refractivity contribution in [3.05, 3.63) is 72.3 Å². The van der Waals surface area contributed by atoms with Crippen LogP contribution in [0.15, 0.2) is 66.7 Å². The lowest BCUT2D eigenvalue weighted by Gasteiger charge is -2.15. The van der Waals surface area contributed by atoms with Crippen molar-refractivity contribution in [2.45, 2.75) is 12.5 Å². The van der Waals surface area contributed by atoms with Gasteiger partial charge in [-0.25, -0.2) is 0 Å². The molecule has 0 radical (unpaired) electrons. The standard InChI is InChI=1S/C21H17N3O3/c25-19(22-16-11-5-7-13-6-1-2-8-14(13)16)12-18-21(27)23-17-10-4-3-9-15(17)20(26)24-18/h1-11,18H,12H2,(H,22,25)(H,23,27)(H,24,26)/t18-/m0/s1. The molecule has 1 atom stereocenters. The minimum atomic E-state index is -0.945. The summed E-state index contributed by atoms with van der Waals surface area (Å²) in [5, 5.41) is 10.1. The van der Waals surface area contributed by atoms with E-state index in [4.69, 9.17) is 0 Å². The summed E-state index contributed by atoms with van der Waals surface area (Å²) in [7, 11) is 0. The molecule has 0 aromatic heterocycles. The summed E-state index contributed by atoms with van der Waals surface area (Å²) in [6.45, 7) is 0. The van der Waals surface area contributed by atoms with E-state index in [1.165, 1.54) is 0 Å². The van der Waals surface area contributed by atoms with Crippen LogP contribution in [0.1, 0.15) is 16.8 Å². The van der Waals surface area contributed by atoms with Crippen molar-refractivity contribution in [1.82, 2.24) is 5.32 Å². The van der Waals surface area contributed by atoms with Gasteiger partial charge < -0.3 is 16.0 Å². The lowest BCUT2D eigenvalue weighted by atomic mass is 10.1. The smallest absolute Gasteiger partial charge is 0.254 e. The molecule has 6 nitrogen and oxygen atoms in total. The van der Waals surface area contributed by atoms with Crippen LogP contribution in [-0.2, 0) is 9.59 Å². The van der Waals surface area contributed by atoms with E-state index in [9.17, 15) is 14.4 Å². The molecule has 0 spiro atoms. The predicted molar refractivity (Wildman–Crippen MR) is 104 cm³/mol. The Hall–Kier alpha value is -3.67. The van der Waals surface area contributed by atoms with E-state index in [-0.39, 0.29) is 18.2 Å². The van der Waals surface area contributed by atoms with Crippen molar-refractivity contribution < 1.29 is 14.4 Å². The van der Waals surface area contributed by atoms with Crippen LogP contribution < -0.4 is 16.0 Å². The van der Waals surface area contributed by atoms with Crippen molar-refractivity contribution >= 4 is 39.9 Å². The highest BCUT2D eigenvalue weighted by atomic mass is 16.2. The van der Waals surface area contributed by atoms with Gasteiger partial charge in [-0.05, 0) is 23.6 Å². The highest BCUT2D eigenvalue weighted by Crippen LogP contribution is 2.23. The van der Waals surface area contributed by atoms with E-state index < -0.39 is 11.9 Å². The summed E-state index contributed by atoms with van der Waals surface area (Å²) in [6.07, 6.45) is -0.158. The molecule has 0 saturated carbocycles. The van der Waals surface area contributed by atoms with E-state index in [1.54, 1.807) is 24.3 Å². The van der Waals surface area contributed by atoms with Crippen LogP contribution in [-0.4, -0.2) is 23.8 Å². The van der Waals surface area contributed by atoms with Crippen LogP contribution in [0.3, 0.4) is 0 Å². The Morgan fingerprint density at radius 1 is 0.926 bits per heavy atom. The lowest BCUT2D eigenvalue weighted by molar-refractivity contribution is -0.122. The number of benzene rings is 3. The second-order valence-corrected chi connectivity index (χ2v) is 6.34. The molecule has 6 heteroatoms. The Kier molecular flexibility index (Phi) is 4.30. The molecule has 0 fully saturated rings. The highest BCUT2D eigenvalue weighted by Gasteiger charge is 2.29. The maximum absolute atomic E-state index is 12.5. The molecule has 4 rings (SSSR count). The van der Waals surface area contributed by atoms with Crippen LogP contribution in [0.5, 0.6) is 0 Å². The van der Waals surface area contributed by atoms with Gasteiger partial charge in [0.1, 0.15) is 6.04 Å². The van der Waals surface area contributed by atoms with Crippen LogP contribution >= 0.6 is 0 Å². The average Bonchev–Trinajstić information content (AvgIpc) is 2.79. The maximum Gasteiger partial charge on any atom is 0.254 e. The summed E-state index contributed by atoms with van der Waals surface area (Å²) >= 11 is 0. The summed E-state index contributed by atoms with van der Waals surface area (Å²) in [4.78, 5) is 37.3. The zero-order chi connectivity index (χ0) is 18.8. The third-order valence-electron chi connectivity index (χ3n) is 4.50. The number of carbonyl (C=O) groups is 3. The van der Waals surface area contributed by atoms with Crippen molar-refractivity contribution in [2.24, 2.45) is 0 Å². The van der Waals surface area contributed by atoms with Gasteiger partial charge in [-0.1, -0.05) is 48.5 Å². The molecular weight excluding hydrogens is 342 g/mol. The number of para-hydroxylation sites is 1. The first-order chi connectivity index (χ1) is 13.1. The number of hydrogen-bond donors (Lipinski definition) is 3. The van der Waals surface area contributed by atoms with Crippen LogP contribution in [0.4, 0.5) is 11.4 Å². The van der Waals surface area contributed by atoms with Gasteiger partial charge >= 0.3 is 0 Å². The van der Waals surface area contributed by atoms with Gasteiger partial charge in [0.05, 0.1) is 17.7 Å². The monoisotopic (exact) mass is 359 g/mol. The lowest BCUT2D eigenvalue weighted by Crippen LogP contribution is -2.43. The predicted octanol–water partition coefficient (Wildman–Crippen LogP) is 2.92.